The first kappa shape index (κ1) is 29.2. The summed E-state index contributed by atoms with van der Waals surface area (Å²) in [4.78, 5) is 10.6. The van der Waals surface area contributed by atoms with Gasteiger partial charge in [-0.3, -0.25) is 0 Å². The first-order valence-corrected chi connectivity index (χ1v) is 18.3. The predicted octanol–water partition coefficient (Wildman–Crippen LogP) is 12.4. The second-order valence-corrected chi connectivity index (χ2v) is 14.4. The number of hydrogen-bond donors (Lipinski definition) is 1. The smallest absolute Gasteiger partial charge is 0.160 e. The molecule has 10 aromatic rings. The van der Waals surface area contributed by atoms with E-state index in [4.69, 9.17) is 14.4 Å². The van der Waals surface area contributed by atoms with Crippen molar-refractivity contribution in [1.82, 2.24) is 5.32 Å². The standard InChI is InChI=1S/C47H29N3OS/c1-2-11-29(12-3-1)45-48-46(32-23-24-34-30(26-32)21-20-28-10-4-5-13-33(28)34)50-47(49-45)38-16-9-18-40-44(38)43-35(15-8-17-39(43)51-40)31-22-25-37-36-14-6-7-19-41(36)52-42(37)27-31/h1-27,46H,(H,48,49,50). The van der Waals surface area contributed by atoms with Crippen molar-refractivity contribution in [2.75, 3.05) is 0 Å². The van der Waals surface area contributed by atoms with E-state index in [9.17, 15) is 0 Å². The summed E-state index contributed by atoms with van der Waals surface area (Å²) in [5.41, 5.74) is 6.97. The molecule has 0 aliphatic carbocycles. The van der Waals surface area contributed by atoms with Gasteiger partial charge in [0.05, 0.1) is 0 Å². The fourth-order valence-electron chi connectivity index (χ4n) is 7.87. The van der Waals surface area contributed by atoms with E-state index < -0.39 is 0 Å². The lowest BCUT2D eigenvalue weighted by Crippen LogP contribution is -2.33. The van der Waals surface area contributed by atoms with E-state index in [-0.39, 0.29) is 6.17 Å². The Bertz CT molecular complexity index is 3120. The molecule has 11 rings (SSSR count). The maximum atomic E-state index is 6.57. The van der Waals surface area contributed by atoms with E-state index in [1.54, 1.807) is 0 Å². The molecule has 3 heterocycles. The first-order chi connectivity index (χ1) is 25.7. The van der Waals surface area contributed by atoms with E-state index in [2.05, 4.69) is 139 Å². The fourth-order valence-corrected chi connectivity index (χ4v) is 9.02. The van der Waals surface area contributed by atoms with Crippen molar-refractivity contribution >= 4 is 86.7 Å². The van der Waals surface area contributed by atoms with Gasteiger partial charge in [0.2, 0.25) is 0 Å². The molecule has 5 heteroatoms. The summed E-state index contributed by atoms with van der Waals surface area (Å²) in [7, 11) is 0. The number of nitrogens with zero attached hydrogens (tertiary/aromatic N) is 2. The molecule has 0 spiro atoms. The summed E-state index contributed by atoms with van der Waals surface area (Å²) in [6.45, 7) is 0. The van der Waals surface area contributed by atoms with Crippen LogP contribution in [0.25, 0.3) is 74.8 Å². The van der Waals surface area contributed by atoms with Gasteiger partial charge < -0.3 is 9.73 Å². The van der Waals surface area contributed by atoms with Gasteiger partial charge in [-0.2, -0.15) is 0 Å². The predicted molar refractivity (Wildman–Crippen MR) is 219 cm³/mol. The minimum atomic E-state index is -0.346. The minimum absolute atomic E-state index is 0.346. The molecule has 0 saturated heterocycles. The molecule has 244 valence electrons. The van der Waals surface area contributed by atoms with Gasteiger partial charge >= 0.3 is 0 Å². The van der Waals surface area contributed by atoms with Crippen LogP contribution in [-0.2, 0) is 0 Å². The Morgan fingerprint density at radius 3 is 2.08 bits per heavy atom. The molecule has 1 aliphatic rings. The molecule has 0 saturated carbocycles. The molecule has 52 heavy (non-hydrogen) atoms. The normalized spacial score (nSPS) is 14.7. The Labute approximate surface area is 303 Å². The minimum Gasteiger partial charge on any atom is -0.456 e. The summed E-state index contributed by atoms with van der Waals surface area (Å²) in [6, 6.07) is 58.0. The number of aliphatic imine (C=N–C) groups is 2. The molecule has 0 fully saturated rings. The molecule has 8 aromatic carbocycles. The summed E-state index contributed by atoms with van der Waals surface area (Å²) >= 11 is 1.84. The Balaban J connectivity index is 1.11. The zero-order valence-corrected chi connectivity index (χ0v) is 28.7. The van der Waals surface area contributed by atoms with E-state index in [0.717, 1.165) is 55.6 Å². The molecule has 4 nitrogen and oxygen atoms in total. The van der Waals surface area contributed by atoms with Crippen LogP contribution in [0.2, 0.25) is 0 Å². The van der Waals surface area contributed by atoms with Gasteiger partial charge in [0.1, 0.15) is 23.2 Å². The van der Waals surface area contributed by atoms with Crippen molar-refractivity contribution in [3.8, 4) is 11.1 Å². The molecule has 0 bridgehead atoms. The highest BCUT2D eigenvalue weighted by Crippen LogP contribution is 2.42. The van der Waals surface area contributed by atoms with Crippen LogP contribution in [-0.4, -0.2) is 11.7 Å². The van der Waals surface area contributed by atoms with Crippen molar-refractivity contribution in [3.05, 3.63) is 180 Å². The highest BCUT2D eigenvalue weighted by Gasteiger charge is 2.25. The Morgan fingerprint density at radius 1 is 0.500 bits per heavy atom. The Hall–Kier alpha value is -6.56. The van der Waals surface area contributed by atoms with Crippen molar-refractivity contribution in [2.45, 2.75) is 6.17 Å². The number of benzene rings is 8. The number of amidine groups is 2. The van der Waals surface area contributed by atoms with Crippen molar-refractivity contribution in [1.29, 1.82) is 0 Å². The molecule has 1 atom stereocenters. The van der Waals surface area contributed by atoms with Crippen LogP contribution in [0.3, 0.4) is 0 Å². The van der Waals surface area contributed by atoms with Gasteiger partial charge in [0.15, 0.2) is 5.84 Å². The summed E-state index contributed by atoms with van der Waals surface area (Å²) < 4.78 is 9.14. The quantitative estimate of drug-likeness (QED) is 0.188. The number of thiophene rings is 1. The number of nitrogens with one attached hydrogen (secondary N) is 1. The molecule has 2 aromatic heterocycles. The number of fused-ring (bicyclic) bond motifs is 9. The molecule has 1 N–H and O–H groups in total. The Kier molecular flexibility index (Phi) is 6.45. The third-order valence-electron chi connectivity index (χ3n) is 10.3. The van der Waals surface area contributed by atoms with Crippen molar-refractivity contribution in [2.24, 2.45) is 9.98 Å². The zero-order chi connectivity index (χ0) is 34.2. The largest absolute Gasteiger partial charge is 0.456 e. The molecule has 1 unspecified atom stereocenters. The fraction of sp³-hybridized carbons (Fsp3) is 0.0213. The van der Waals surface area contributed by atoms with E-state index >= 15 is 0 Å². The van der Waals surface area contributed by atoms with Gasteiger partial charge in [-0.1, -0.05) is 133 Å². The number of rotatable bonds is 4. The average Bonchev–Trinajstić information content (AvgIpc) is 3.79. The van der Waals surface area contributed by atoms with Crippen LogP contribution in [0.4, 0.5) is 0 Å². The lowest BCUT2D eigenvalue weighted by atomic mass is 9.96. The van der Waals surface area contributed by atoms with E-state index in [1.165, 1.54) is 41.7 Å². The van der Waals surface area contributed by atoms with Gasteiger partial charge in [-0.25, -0.2) is 9.98 Å². The molecule has 0 amide bonds. The van der Waals surface area contributed by atoms with Crippen LogP contribution in [0.5, 0.6) is 0 Å². The van der Waals surface area contributed by atoms with Gasteiger partial charge in [0, 0.05) is 42.1 Å². The van der Waals surface area contributed by atoms with Crippen LogP contribution in [0.1, 0.15) is 22.9 Å². The number of hydrogen-bond acceptors (Lipinski definition) is 5. The van der Waals surface area contributed by atoms with Gasteiger partial charge in [0.25, 0.3) is 0 Å². The van der Waals surface area contributed by atoms with Crippen LogP contribution in [0.15, 0.2) is 178 Å². The zero-order valence-electron chi connectivity index (χ0n) is 27.9. The second kappa shape index (κ2) is 11.5. The maximum absolute atomic E-state index is 6.57. The molecule has 1 aliphatic heterocycles. The maximum Gasteiger partial charge on any atom is 0.160 e. The van der Waals surface area contributed by atoms with Crippen molar-refractivity contribution in [3.63, 3.8) is 0 Å². The molecule has 0 radical (unpaired) electrons. The number of furan rings is 1. The summed E-state index contributed by atoms with van der Waals surface area (Å²) in [5.74, 6) is 1.46. The third-order valence-corrected chi connectivity index (χ3v) is 11.5. The van der Waals surface area contributed by atoms with Crippen LogP contribution in [0, 0.1) is 0 Å². The van der Waals surface area contributed by atoms with E-state index in [1.807, 2.05) is 41.7 Å². The summed E-state index contributed by atoms with van der Waals surface area (Å²) in [5, 5.41) is 13.2. The molecular weight excluding hydrogens is 655 g/mol. The average molecular weight is 684 g/mol. The lowest BCUT2D eigenvalue weighted by Gasteiger charge is -2.24. The highest BCUT2D eigenvalue weighted by atomic mass is 32.1. The topological polar surface area (TPSA) is 49.9 Å². The van der Waals surface area contributed by atoms with Crippen molar-refractivity contribution < 1.29 is 4.42 Å². The van der Waals surface area contributed by atoms with Gasteiger partial charge in [-0.05, 0) is 68.6 Å². The monoisotopic (exact) mass is 683 g/mol. The van der Waals surface area contributed by atoms with Gasteiger partial charge in [-0.15, -0.1) is 11.3 Å². The highest BCUT2D eigenvalue weighted by molar-refractivity contribution is 7.25. The molecular formula is C47H29N3OS. The first-order valence-electron chi connectivity index (χ1n) is 17.5. The third kappa shape index (κ3) is 4.60. The van der Waals surface area contributed by atoms with Crippen LogP contribution >= 0.6 is 11.3 Å². The second-order valence-electron chi connectivity index (χ2n) is 13.4. The van der Waals surface area contributed by atoms with Crippen LogP contribution < -0.4 is 5.32 Å². The lowest BCUT2D eigenvalue weighted by molar-refractivity contribution is 0.668. The SMILES string of the molecule is c1ccc(C2=NC(c3cccc4oc5cccc(-c6ccc7c(c6)sc6ccccc67)c5c34)=NC(c3ccc4c(ccc5ccccc54)c3)N2)cc1. The Morgan fingerprint density at radius 2 is 1.19 bits per heavy atom. The summed E-state index contributed by atoms with van der Waals surface area (Å²) in [6.07, 6.45) is -0.346. The van der Waals surface area contributed by atoms with E-state index in [0.29, 0.717) is 5.84 Å².